The fraction of sp³-hybridized carbons (Fsp3) is 0.0192. The molecule has 0 fully saturated rings. The Labute approximate surface area is 321 Å². The van der Waals surface area contributed by atoms with Crippen LogP contribution in [-0.2, 0) is 6.42 Å². The normalized spacial score (nSPS) is 11.6. The van der Waals surface area contributed by atoms with Gasteiger partial charge in [-0.05, 0) is 97.4 Å². The monoisotopic (exact) mass is 701 g/mol. The second-order valence-electron chi connectivity index (χ2n) is 14.1. The first-order chi connectivity index (χ1) is 27.2. The van der Waals surface area contributed by atoms with Gasteiger partial charge in [-0.2, -0.15) is 0 Å². The number of fused-ring (bicyclic) bond motifs is 3. The van der Waals surface area contributed by atoms with Crippen LogP contribution in [0.4, 0.5) is 0 Å². The van der Waals surface area contributed by atoms with Crippen molar-refractivity contribution < 1.29 is 0 Å². The number of hydrogen-bond donors (Lipinski definition) is 0. The van der Waals surface area contributed by atoms with Crippen LogP contribution >= 0.6 is 0 Å². The highest BCUT2D eigenvalue weighted by molar-refractivity contribution is 5.86. The topological polar surface area (TPSA) is 38.7 Å². The Balaban J connectivity index is 1.11. The largest absolute Gasteiger partial charge is 0.208 e. The predicted octanol–water partition coefficient (Wildman–Crippen LogP) is 13.1. The molecule has 55 heavy (non-hydrogen) atoms. The lowest BCUT2D eigenvalue weighted by Crippen LogP contribution is -2.00. The fourth-order valence-corrected chi connectivity index (χ4v) is 7.69. The molecule has 1 aliphatic carbocycles. The molecular formula is C52H35N3. The Morgan fingerprint density at radius 2 is 0.618 bits per heavy atom. The number of benzene rings is 8. The summed E-state index contributed by atoms with van der Waals surface area (Å²) in [4.78, 5) is 15.2. The highest BCUT2D eigenvalue weighted by atomic mass is 15.0. The van der Waals surface area contributed by atoms with Crippen molar-refractivity contribution in [2.24, 2.45) is 0 Å². The van der Waals surface area contributed by atoms with E-state index in [1.807, 2.05) is 36.4 Å². The van der Waals surface area contributed by atoms with Crippen LogP contribution in [0.25, 0.3) is 89.8 Å². The molecular weight excluding hydrogens is 667 g/mol. The van der Waals surface area contributed by atoms with Crippen molar-refractivity contribution in [2.75, 3.05) is 0 Å². The van der Waals surface area contributed by atoms with Gasteiger partial charge in [0.2, 0.25) is 0 Å². The van der Waals surface area contributed by atoms with E-state index in [2.05, 4.69) is 164 Å². The van der Waals surface area contributed by atoms with E-state index < -0.39 is 0 Å². The van der Waals surface area contributed by atoms with Gasteiger partial charge in [-0.15, -0.1) is 0 Å². The van der Waals surface area contributed by atoms with Crippen LogP contribution in [0, 0.1) is 0 Å². The number of rotatable bonds is 7. The predicted molar refractivity (Wildman–Crippen MR) is 226 cm³/mol. The maximum Gasteiger partial charge on any atom is 0.164 e. The van der Waals surface area contributed by atoms with Crippen LogP contribution < -0.4 is 0 Å². The summed E-state index contributed by atoms with van der Waals surface area (Å²) in [6.45, 7) is 0. The molecule has 0 spiro atoms. The first-order valence-corrected chi connectivity index (χ1v) is 18.7. The van der Waals surface area contributed by atoms with Crippen molar-refractivity contribution in [3.63, 3.8) is 0 Å². The first kappa shape index (κ1) is 32.4. The van der Waals surface area contributed by atoms with E-state index in [1.54, 1.807) is 0 Å². The quantitative estimate of drug-likeness (QED) is 0.166. The molecule has 0 unspecified atom stereocenters. The summed E-state index contributed by atoms with van der Waals surface area (Å²) in [5, 5.41) is 0. The van der Waals surface area contributed by atoms with Crippen molar-refractivity contribution in [2.45, 2.75) is 6.42 Å². The molecule has 3 heteroatoms. The molecule has 8 aromatic carbocycles. The SMILES string of the molecule is c1ccc(-c2ccc(-c3cc(-c4ccc5c(c4)Cc4ccc(-c6ccccc6)cc4-5)cc(-c4nc(-c5ccccc5)nc(-c5ccccc5)n4)c3)cc2)cc1. The van der Waals surface area contributed by atoms with Gasteiger partial charge in [-0.25, -0.2) is 15.0 Å². The molecule has 0 saturated carbocycles. The molecule has 9 aromatic rings. The molecule has 0 radical (unpaired) electrons. The lowest BCUT2D eigenvalue weighted by molar-refractivity contribution is 1.07. The van der Waals surface area contributed by atoms with Crippen molar-refractivity contribution in [1.82, 2.24) is 15.0 Å². The third-order valence-electron chi connectivity index (χ3n) is 10.5. The van der Waals surface area contributed by atoms with E-state index in [4.69, 9.17) is 15.0 Å². The zero-order chi connectivity index (χ0) is 36.6. The Hall–Kier alpha value is -7.23. The van der Waals surface area contributed by atoms with Gasteiger partial charge in [-0.1, -0.05) is 176 Å². The lowest BCUT2D eigenvalue weighted by Gasteiger charge is -2.13. The molecule has 0 atom stereocenters. The van der Waals surface area contributed by atoms with Crippen molar-refractivity contribution in [3.05, 3.63) is 211 Å². The third-order valence-corrected chi connectivity index (χ3v) is 10.5. The van der Waals surface area contributed by atoms with Crippen LogP contribution in [-0.4, -0.2) is 15.0 Å². The van der Waals surface area contributed by atoms with E-state index in [0.717, 1.165) is 39.8 Å². The van der Waals surface area contributed by atoms with E-state index in [1.165, 1.54) is 50.1 Å². The minimum atomic E-state index is 0.638. The summed E-state index contributed by atoms with van der Waals surface area (Å²) in [7, 11) is 0. The van der Waals surface area contributed by atoms with E-state index in [-0.39, 0.29) is 0 Å². The van der Waals surface area contributed by atoms with Crippen LogP contribution in [0.15, 0.2) is 200 Å². The van der Waals surface area contributed by atoms with Gasteiger partial charge in [0.05, 0.1) is 0 Å². The molecule has 1 aliphatic rings. The summed E-state index contributed by atoms with van der Waals surface area (Å²) in [5.74, 6) is 1.93. The number of hydrogen-bond acceptors (Lipinski definition) is 3. The third kappa shape index (κ3) is 6.43. The average molecular weight is 702 g/mol. The second kappa shape index (κ2) is 14.0. The molecule has 0 N–H and O–H groups in total. The van der Waals surface area contributed by atoms with Crippen LogP contribution in [0.3, 0.4) is 0 Å². The van der Waals surface area contributed by atoms with Gasteiger partial charge < -0.3 is 0 Å². The van der Waals surface area contributed by atoms with Crippen LogP contribution in [0.5, 0.6) is 0 Å². The van der Waals surface area contributed by atoms with Gasteiger partial charge in [-0.3, -0.25) is 0 Å². The van der Waals surface area contributed by atoms with Crippen molar-refractivity contribution >= 4 is 0 Å². The summed E-state index contributed by atoms with van der Waals surface area (Å²) < 4.78 is 0. The molecule has 0 aliphatic heterocycles. The Morgan fingerprint density at radius 1 is 0.236 bits per heavy atom. The van der Waals surface area contributed by atoms with Gasteiger partial charge in [0.1, 0.15) is 0 Å². The summed E-state index contributed by atoms with van der Waals surface area (Å²) in [6, 6.07) is 70.9. The van der Waals surface area contributed by atoms with E-state index in [0.29, 0.717) is 17.5 Å². The average Bonchev–Trinajstić information content (AvgIpc) is 3.65. The standard InChI is InChI=1S/C52H35N3/c1-5-13-35(14-6-1)37-21-23-38(24-22-37)44-31-45(41-27-28-48-46(29-41)30-43-26-25-42(34-49(43)48)36-15-7-2-8-16-36)33-47(32-44)52-54-50(39-17-9-3-10-18-39)53-51(55-52)40-19-11-4-12-20-40/h1-29,31-34H,30H2. The summed E-state index contributed by atoms with van der Waals surface area (Å²) in [5.41, 5.74) is 17.6. The molecule has 1 aromatic heterocycles. The zero-order valence-electron chi connectivity index (χ0n) is 30.1. The van der Waals surface area contributed by atoms with Gasteiger partial charge in [0, 0.05) is 16.7 Å². The lowest BCUT2D eigenvalue weighted by atomic mass is 9.93. The highest BCUT2D eigenvalue weighted by Crippen LogP contribution is 2.42. The van der Waals surface area contributed by atoms with Crippen LogP contribution in [0.2, 0.25) is 0 Å². The number of aromatic nitrogens is 3. The smallest absolute Gasteiger partial charge is 0.164 e. The van der Waals surface area contributed by atoms with Crippen molar-refractivity contribution in [3.8, 4) is 89.8 Å². The summed E-state index contributed by atoms with van der Waals surface area (Å²) >= 11 is 0. The maximum atomic E-state index is 5.12. The minimum absolute atomic E-state index is 0.638. The fourth-order valence-electron chi connectivity index (χ4n) is 7.69. The van der Waals surface area contributed by atoms with Gasteiger partial charge >= 0.3 is 0 Å². The van der Waals surface area contributed by atoms with Crippen LogP contribution in [0.1, 0.15) is 11.1 Å². The Bertz CT molecular complexity index is 2740. The zero-order valence-corrected chi connectivity index (χ0v) is 30.1. The molecule has 1 heterocycles. The highest BCUT2D eigenvalue weighted by Gasteiger charge is 2.21. The number of nitrogens with zero attached hydrogens (tertiary/aromatic N) is 3. The molecule has 258 valence electrons. The molecule has 0 amide bonds. The second-order valence-corrected chi connectivity index (χ2v) is 14.1. The summed E-state index contributed by atoms with van der Waals surface area (Å²) in [6.07, 6.45) is 0.912. The molecule has 0 saturated heterocycles. The van der Waals surface area contributed by atoms with Gasteiger partial charge in [0.15, 0.2) is 17.5 Å². The van der Waals surface area contributed by atoms with E-state index in [9.17, 15) is 0 Å². The first-order valence-electron chi connectivity index (χ1n) is 18.7. The molecule has 0 bridgehead atoms. The maximum absolute atomic E-state index is 5.12. The Kier molecular flexibility index (Phi) is 8.23. The van der Waals surface area contributed by atoms with E-state index >= 15 is 0 Å². The van der Waals surface area contributed by atoms with Crippen molar-refractivity contribution in [1.29, 1.82) is 0 Å². The van der Waals surface area contributed by atoms with Gasteiger partial charge in [0.25, 0.3) is 0 Å². The minimum Gasteiger partial charge on any atom is -0.208 e. The Morgan fingerprint density at radius 3 is 1.18 bits per heavy atom. The molecule has 10 rings (SSSR count). The molecule has 3 nitrogen and oxygen atoms in total.